The molecule has 0 amide bonds. The quantitative estimate of drug-likeness (QED) is 0.660. The summed E-state index contributed by atoms with van der Waals surface area (Å²) >= 11 is 3.14. The Morgan fingerprint density at radius 1 is 1.26 bits per heavy atom. The third kappa shape index (κ3) is 3.21. The summed E-state index contributed by atoms with van der Waals surface area (Å²) in [6.07, 6.45) is 1.36. The molecule has 0 saturated carbocycles. The minimum absolute atomic E-state index is 0.116. The minimum atomic E-state index is -3.82. The van der Waals surface area contributed by atoms with Crippen LogP contribution in [0.3, 0.4) is 0 Å². The van der Waals surface area contributed by atoms with Crippen molar-refractivity contribution in [2.75, 3.05) is 10.5 Å². The van der Waals surface area contributed by atoms with Crippen LogP contribution in [0.15, 0.2) is 46.0 Å². The Morgan fingerprint density at radius 2 is 2.00 bits per heavy atom. The highest BCUT2D eigenvalue weighted by Gasteiger charge is 2.15. The van der Waals surface area contributed by atoms with Crippen molar-refractivity contribution in [3.05, 3.63) is 46.9 Å². The second kappa shape index (κ2) is 5.14. The zero-order valence-electron chi connectivity index (χ0n) is 9.47. The van der Waals surface area contributed by atoms with Crippen LogP contribution >= 0.6 is 15.9 Å². The van der Waals surface area contributed by atoms with Crippen LogP contribution in [0, 0.1) is 5.82 Å². The Hall–Kier alpha value is -1.67. The number of nitrogens with one attached hydrogen (secondary N) is 1. The highest BCUT2D eigenvalue weighted by atomic mass is 79.9. The number of nitrogens with two attached hydrogens (primary N) is 1. The molecule has 0 unspecified atom stereocenters. The van der Waals surface area contributed by atoms with E-state index in [1.165, 1.54) is 6.20 Å². The number of halogens is 2. The first-order valence-corrected chi connectivity index (χ1v) is 7.35. The van der Waals surface area contributed by atoms with Crippen LogP contribution in [0.1, 0.15) is 0 Å². The molecule has 0 radical (unpaired) electrons. The zero-order valence-corrected chi connectivity index (χ0v) is 11.9. The third-order valence-electron chi connectivity index (χ3n) is 2.26. The van der Waals surface area contributed by atoms with Crippen LogP contribution in [-0.2, 0) is 10.0 Å². The van der Waals surface area contributed by atoms with Gasteiger partial charge in [-0.3, -0.25) is 4.72 Å². The summed E-state index contributed by atoms with van der Waals surface area (Å²) in [5.74, 6) is -0.663. The van der Waals surface area contributed by atoms with Gasteiger partial charge in [-0.05, 0) is 46.3 Å². The van der Waals surface area contributed by atoms with Crippen molar-refractivity contribution in [1.29, 1.82) is 0 Å². The highest BCUT2D eigenvalue weighted by molar-refractivity contribution is 9.10. The topological polar surface area (TPSA) is 85.1 Å². The lowest BCUT2D eigenvalue weighted by molar-refractivity contribution is 0.600. The Labute approximate surface area is 117 Å². The van der Waals surface area contributed by atoms with Gasteiger partial charge in [0.15, 0.2) is 0 Å². The molecule has 2 aromatic rings. The molecule has 0 aliphatic rings. The molecule has 19 heavy (non-hydrogen) atoms. The maximum atomic E-state index is 13.0. The molecular formula is C11H9BrFN3O2S. The molecule has 0 aliphatic heterocycles. The second-order valence-electron chi connectivity index (χ2n) is 3.66. The Kier molecular flexibility index (Phi) is 3.72. The van der Waals surface area contributed by atoms with Crippen molar-refractivity contribution < 1.29 is 12.8 Å². The van der Waals surface area contributed by atoms with Gasteiger partial charge < -0.3 is 5.73 Å². The van der Waals surface area contributed by atoms with Gasteiger partial charge in [-0.2, -0.15) is 0 Å². The van der Waals surface area contributed by atoms with E-state index in [2.05, 4.69) is 25.6 Å². The maximum absolute atomic E-state index is 13.0. The van der Waals surface area contributed by atoms with Gasteiger partial charge in [0.1, 0.15) is 10.4 Å². The third-order valence-corrected chi connectivity index (χ3v) is 4.11. The van der Waals surface area contributed by atoms with Crippen molar-refractivity contribution in [1.82, 2.24) is 4.98 Å². The van der Waals surface area contributed by atoms with Crippen molar-refractivity contribution >= 4 is 37.3 Å². The molecular weight excluding hydrogens is 337 g/mol. The monoisotopic (exact) mass is 345 g/mol. The van der Waals surface area contributed by atoms with Crippen molar-refractivity contribution in [2.24, 2.45) is 0 Å². The summed E-state index contributed by atoms with van der Waals surface area (Å²) in [6, 6.07) is 6.34. The van der Waals surface area contributed by atoms with E-state index in [1.54, 1.807) is 12.1 Å². The number of hydrogen-bond acceptors (Lipinski definition) is 4. The molecule has 1 aromatic carbocycles. The van der Waals surface area contributed by atoms with Gasteiger partial charge in [0.2, 0.25) is 0 Å². The largest absolute Gasteiger partial charge is 0.396 e. The lowest BCUT2D eigenvalue weighted by Crippen LogP contribution is -2.13. The number of nitrogen functional groups attached to an aromatic ring is 1. The number of pyridine rings is 1. The van der Waals surface area contributed by atoms with Crippen molar-refractivity contribution in [3.8, 4) is 0 Å². The van der Waals surface area contributed by atoms with Crippen molar-refractivity contribution in [3.63, 3.8) is 0 Å². The number of aromatic nitrogens is 1. The highest BCUT2D eigenvalue weighted by Crippen LogP contribution is 2.20. The standard InChI is InChI=1S/C11H9BrFN3O2S/c12-11-4-1-7(6-15-11)16-19(17,18)8-2-3-9(13)10(14)5-8/h1-6,16H,14H2. The summed E-state index contributed by atoms with van der Waals surface area (Å²) < 4.78 is 39.9. The summed E-state index contributed by atoms with van der Waals surface area (Å²) in [7, 11) is -3.82. The van der Waals surface area contributed by atoms with E-state index in [0.29, 0.717) is 10.3 Å². The maximum Gasteiger partial charge on any atom is 0.262 e. The summed E-state index contributed by atoms with van der Waals surface area (Å²) in [5, 5.41) is 0. The molecule has 0 spiro atoms. The van der Waals surface area contributed by atoms with Gasteiger partial charge in [-0.15, -0.1) is 0 Å². The lowest BCUT2D eigenvalue weighted by Gasteiger charge is -2.08. The molecule has 0 aliphatic carbocycles. The molecule has 0 fully saturated rings. The molecule has 0 atom stereocenters. The summed E-state index contributed by atoms with van der Waals surface area (Å²) in [6.45, 7) is 0. The average molecular weight is 346 g/mol. The van der Waals surface area contributed by atoms with E-state index in [4.69, 9.17) is 5.73 Å². The van der Waals surface area contributed by atoms with E-state index in [0.717, 1.165) is 18.2 Å². The lowest BCUT2D eigenvalue weighted by atomic mass is 10.3. The van der Waals surface area contributed by atoms with E-state index in [1.807, 2.05) is 0 Å². The average Bonchev–Trinajstić information content (AvgIpc) is 2.35. The molecule has 3 N–H and O–H groups in total. The number of hydrogen-bond donors (Lipinski definition) is 2. The zero-order chi connectivity index (χ0) is 14.0. The predicted octanol–water partition coefficient (Wildman–Crippen LogP) is 2.37. The van der Waals surface area contributed by atoms with Gasteiger partial charge in [-0.25, -0.2) is 17.8 Å². The number of sulfonamides is 1. The van der Waals surface area contributed by atoms with E-state index >= 15 is 0 Å². The first-order valence-electron chi connectivity index (χ1n) is 5.08. The Morgan fingerprint density at radius 3 is 2.58 bits per heavy atom. The number of anilines is 2. The fourth-order valence-electron chi connectivity index (χ4n) is 1.34. The Balaban J connectivity index is 2.32. The van der Waals surface area contributed by atoms with E-state index in [-0.39, 0.29) is 10.6 Å². The fourth-order valence-corrected chi connectivity index (χ4v) is 2.65. The van der Waals surface area contributed by atoms with Crippen LogP contribution in [0.25, 0.3) is 0 Å². The summed E-state index contributed by atoms with van der Waals surface area (Å²) in [5.41, 5.74) is 5.42. The molecule has 0 saturated heterocycles. The Bertz CT molecular complexity index is 704. The minimum Gasteiger partial charge on any atom is -0.396 e. The second-order valence-corrected chi connectivity index (χ2v) is 6.15. The molecule has 5 nitrogen and oxygen atoms in total. The SMILES string of the molecule is Nc1cc(S(=O)(=O)Nc2ccc(Br)nc2)ccc1F. The van der Waals surface area contributed by atoms with Gasteiger partial charge in [0.25, 0.3) is 10.0 Å². The van der Waals surface area contributed by atoms with Crippen LogP contribution in [-0.4, -0.2) is 13.4 Å². The van der Waals surface area contributed by atoms with E-state index < -0.39 is 15.8 Å². The number of benzene rings is 1. The van der Waals surface area contributed by atoms with E-state index in [9.17, 15) is 12.8 Å². The smallest absolute Gasteiger partial charge is 0.262 e. The number of rotatable bonds is 3. The normalized spacial score (nSPS) is 11.3. The molecule has 1 aromatic heterocycles. The molecule has 0 bridgehead atoms. The van der Waals surface area contributed by atoms with Crippen LogP contribution in [0.5, 0.6) is 0 Å². The number of nitrogens with zero attached hydrogens (tertiary/aromatic N) is 1. The molecule has 8 heteroatoms. The van der Waals surface area contributed by atoms with Crippen LogP contribution in [0.4, 0.5) is 15.8 Å². The van der Waals surface area contributed by atoms with Crippen LogP contribution < -0.4 is 10.5 Å². The first kappa shape index (κ1) is 13.8. The molecule has 100 valence electrons. The predicted molar refractivity (Wildman–Crippen MR) is 73.6 cm³/mol. The van der Waals surface area contributed by atoms with Gasteiger partial charge in [0.05, 0.1) is 22.5 Å². The first-order chi connectivity index (χ1) is 8.88. The van der Waals surface area contributed by atoms with Gasteiger partial charge >= 0.3 is 0 Å². The van der Waals surface area contributed by atoms with Crippen LogP contribution in [0.2, 0.25) is 0 Å². The van der Waals surface area contributed by atoms with Gasteiger partial charge in [-0.1, -0.05) is 0 Å². The van der Waals surface area contributed by atoms with Crippen molar-refractivity contribution in [2.45, 2.75) is 4.90 Å². The molecule has 2 rings (SSSR count). The summed E-state index contributed by atoms with van der Waals surface area (Å²) in [4.78, 5) is 3.78. The molecule has 1 heterocycles. The fraction of sp³-hybridized carbons (Fsp3) is 0. The van der Waals surface area contributed by atoms with Gasteiger partial charge in [0, 0.05) is 0 Å².